The van der Waals surface area contributed by atoms with Crippen molar-refractivity contribution in [3.63, 3.8) is 0 Å². The van der Waals surface area contributed by atoms with E-state index < -0.39 is 65.9 Å². The fourth-order valence-corrected chi connectivity index (χ4v) is 7.59. The molecule has 0 unspecified atom stereocenters. The molecule has 2 fully saturated rings. The van der Waals surface area contributed by atoms with Crippen molar-refractivity contribution >= 4 is 62.4 Å². The maximum absolute atomic E-state index is 13.7. The lowest BCUT2D eigenvalue weighted by Crippen LogP contribution is -2.54. The van der Waals surface area contributed by atoms with Gasteiger partial charge in [-0.05, 0) is 87.7 Å². The second-order valence-corrected chi connectivity index (χ2v) is 16.2. The van der Waals surface area contributed by atoms with Gasteiger partial charge in [0.2, 0.25) is 0 Å². The summed E-state index contributed by atoms with van der Waals surface area (Å²) in [5.74, 6) is -2.29. The molecule has 14 heteroatoms. The number of aliphatic carboxylic acids is 1. The van der Waals surface area contributed by atoms with Crippen molar-refractivity contribution in [2.24, 2.45) is 0 Å². The van der Waals surface area contributed by atoms with Gasteiger partial charge in [0.25, 0.3) is 0 Å². The van der Waals surface area contributed by atoms with Gasteiger partial charge < -0.3 is 24.1 Å². The molecule has 2 saturated heterocycles. The average molecular weight is 858 g/mol. The maximum Gasteiger partial charge on any atom is 0.411 e. The van der Waals surface area contributed by atoms with Crippen molar-refractivity contribution in [2.75, 3.05) is 19.7 Å². The predicted octanol–water partition coefficient (Wildman–Crippen LogP) is 8.14. The quantitative estimate of drug-likeness (QED) is 0.0784. The fraction of sp³-hybridized carbons (Fsp3) is 0.364. The highest BCUT2D eigenvalue weighted by Gasteiger charge is 2.52. The third-order valence-corrected chi connectivity index (χ3v) is 11.0. The first kappa shape index (κ1) is 41.9. The standard InChI is InChI=1S/C44H45BrN2O11/c1-43(2,3)58-41(53)46-20-8-13-35(46)39(50)56-27-37(49)31-16-18-34(45)32(23-31)26-55-38-14-7-12-29-22-30(15-17-33(29)38)36(48)24-44(40(51)52)19-9-21-47(44)42(54)57-25-28-10-5-4-6-11-28/h4-7,10-12,14-18,22-23,35H,8-9,13,19-21,24-27H2,1-3H3,(H,51,52)/t35-,44-/m0/s1. The number of halogens is 1. The minimum absolute atomic E-state index is 0.0220. The number of carboxylic acid groups (broad SMARTS) is 1. The Morgan fingerprint density at radius 3 is 2.29 bits per heavy atom. The molecule has 6 rings (SSSR count). The van der Waals surface area contributed by atoms with Gasteiger partial charge in [0, 0.05) is 46.1 Å². The van der Waals surface area contributed by atoms with E-state index in [9.17, 15) is 33.9 Å². The largest absolute Gasteiger partial charge is 0.488 e. The third kappa shape index (κ3) is 9.67. The molecule has 0 spiro atoms. The smallest absolute Gasteiger partial charge is 0.411 e. The summed E-state index contributed by atoms with van der Waals surface area (Å²) < 4.78 is 23.1. The Hall–Kier alpha value is -5.76. The Bertz CT molecular complexity index is 2220. The highest BCUT2D eigenvalue weighted by molar-refractivity contribution is 9.10. The first-order chi connectivity index (χ1) is 27.6. The van der Waals surface area contributed by atoms with Crippen LogP contribution in [0.2, 0.25) is 0 Å². The summed E-state index contributed by atoms with van der Waals surface area (Å²) in [5.41, 5.74) is -0.467. The van der Waals surface area contributed by atoms with Crippen LogP contribution in [0, 0.1) is 0 Å². The number of hydrogen-bond acceptors (Lipinski definition) is 10. The monoisotopic (exact) mass is 856 g/mol. The molecular formula is C44H45BrN2O11. The third-order valence-electron chi connectivity index (χ3n) is 10.2. The number of likely N-dealkylation sites (tertiary alicyclic amines) is 2. The summed E-state index contributed by atoms with van der Waals surface area (Å²) in [6.07, 6.45) is -0.252. The molecule has 0 radical (unpaired) electrons. The van der Waals surface area contributed by atoms with Crippen LogP contribution in [-0.2, 0) is 37.0 Å². The van der Waals surface area contributed by atoms with Crippen LogP contribution in [0.1, 0.15) is 84.7 Å². The molecule has 0 aromatic heterocycles. The first-order valence-electron chi connectivity index (χ1n) is 19.0. The molecular weight excluding hydrogens is 812 g/mol. The molecule has 2 atom stereocenters. The number of rotatable bonds is 13. The molecule has 0 saturated carbocycles. The molecule has 0 aliphatic carbocycles. The van der Waals surface area contributed by atoms with Gasteiger partial charge in [-0.1, -0.05) is 70.5 Å². The number of carbonyl (C=O) groups excluding carboxylic acids is 5. The molecule has 58 heavy (non-hydrogen) atoms. The molecule has 304 valence electrons. The van der Waals surface area contributed by atoms with E-state index in [1.54, 1.807) is 81.4 Å². The lowest BCUT2D eigenvalue weighted by molar-refractivity contribution is -0.149. The van der Waals surface area contributed by atoms with E-state index in [0.717, 1.165) is 10.5 Å². The predicted molar refractivity (Wildman–Crippen MR) is 216 cm³/mol. The van der Waals surface area contributed by atoms with E-state index in [1.807, 2.05) is 24.3 Å². The summed E-state index contributed by atoms with van der Waals surface area (Å²) in [4.78, 5) is 80.7. The second-order valence-electron chi connectivity index (χ2n) is 15.4. The number of ketones is 2. The number of hydrogen-bond donors (Lipinski definition) is 1. The highest BCUT2D eigenvalue weighted by atomic mass is 79.9. The molecule has 4 aromatic carbocycles. The highest BCUT2D eigenvalue weighted by Crippen LogP contribution is 2.36. The summed E-state index contributed by atoms with van der Waals surface area (Å²) in [5, 5.41) is 11.7. The minimum atomic E-state index is -1.74. The number of nitrogens with zero attached hydrogens (tertiary/aromatic N) is 2. The molecule has 2 amide bonds. The van der Waals surface area contributed by atoms with Crippen molar-refractivity contribution in [1.29, 1.82) is 0 Å². The van der Waals surface area contributed by atoms with Crippen molar-refractivity contribution < 1.29 is 52.8 Å². The van der Waals surface area contributed by atoms with E-state index >= 15 is 0 Å². The van der Waals surface area contributed by atoms with E-state index in [4.69, 9.17) is 18.9 Å². The van der Waals surface area contributed by atoms with E-state index in [1.165, 1.54) is 4.90 Å². The summed E-state index contributed by atoms with van der Waals surface area (Å²) in [7, 11) is 0. The Morgan fingerprint density at radius 2 is 1.55 bits per heavy atom. The Kier molecular flexibility index (Phi) is 12.8. The Balaban J connectivity index is 1.09. The van der Waals surface area contributed by atoms with E-state index in [2.05, 4.69) is 15.9 Å². The van der Waals surface area contributed by atoms with Crippen LogP contribution in [0.3, 0.4) is 0 Å². The molecule has 2 aliphatic heterocycles. The molecule has 1 N–H and O–H groups in total. The SMILES string of the molecule is CC(C)(C)OC(=O)N1CCC[C@H]1C(=O)OCC(=O)c1ccc(Br)c(COc2cccc3cc(C(=O)C[C@]4(C(=O)O)CCCN4C(=O)OCc4ccccc4)ccc23)c1. The van der Waals surface area contributed by atoms with Gasteiger partial charge >= 0.3 is 24.1 Å². The van der Waals surface area contributed by atoms with Gasteiger partial charge in [0.1, 0.15) is 30.6 Å². The number of benzene rings is 4. The van der Waals surface area contributed by atoms with Gasteiger partial charge in [-0.2, -0.15) is 0 Å². The van der Waals surface area contributed by atoms with Crippen LogP contribution in [0.5, 0.6) is 5.75 Å². The van der Waals surface area contributed by atoms with Crippen LogP contribution in [0.25, 0.3) is 10.8 Å². The maximum atomic E-state index is 13.7. The Morgan fingerprint density at radius 1 is 0.810 bits per heavy atom. The van der Waals surface area contributed by atoms with Crippen LogP contribution < -0.4 is 4.74 Å². The minimum Gasteiger partial charge on any atom is -0.488 e. The van der Waals surface area contributed by atoms with Gasteiger partial charge in [-0.3, -0.25) is 19.4 Å². The normalized spacial score (nSPS) is 17.8. The van der Waals surface area contributed by atoms with Crippen molar-refractivity contribution in [1.82, 2.24) is 9.80 Å². The van der Waals surface area contributed by atoms with Crippen molar-refractivity contribution in [2.45, 2.75) is 83.3 Å². The summed E-state index contributed by atoms with van der Waals surface area (Å²) >= 11 is 3.52. The summed E-state index contributed by atoms with van der Waals surface area (Å²) in [6.45, 7) is 5.28. The number of amides is 2. The molecule has 2 heterocycles. The zero-order valence-corrected chi connectivity index (χ0v) is 34.1. The zero-order chi connectivity index (χ0) is 41.6. The van der Waals surface area contributed by atoms with Crippen LogP contribution >= 0.6 is 15.9 Å². The molecule has 0 bridgehead atoms. The summed E-state index contributed by atoms with van der Waals surface area (Å²) in [6, 6.07) is 23.5. The first-order valence-corrected chi connectivity index (χ1v) is 19.8. The number of carbonyl (C=O) groups is 6. The van der Waals surface area contributed by atoms with Gasteiger partial charge in [0.15, 0.2) is 23.7 Å². The van der Waals surface area contributed by atoms with Gasteiger partial charge in [0.05, 0.1) is 0 Å². The van der Waals surface area contributed by atoms with E-state index in [0.29, 0.717) is 57.9 Å². The fourth-order valence-electron chi connectivity index (χ4n) is 7.23. The van der Waals surface area contributed by atoms with Gasteiger partial charge in [-0.25, -0.2) is 19.2 Å². The zero-order valence-electron chi connectivity index (χ0n) is 32.5. The second kappa shape index (κ2) is 17.8. The van der Waals surface area contributed by atoms with Crippen molar-refractivity contribution in [3.8, 4) is 5.75 Å². The number of ether oxygens (including phenoxy) is 4. The van der Waals surface area contributed by atoms with E-state index in [-0.39, 0.29) is 31.7 Å². The lowest BCUT2D eigenvalue weighted by Gasteiger charge is -2.33. The molecule has 13 nitrogen and oxygen atoms in total. The molecule has 4 aromatic rings. The van der Waals surface area contributed by atoms with Crippen molar-refractivity contribution in [3.05, 3.63) is 112 Å². The van der Waals surface area contributed by atoms with Crippen LogP contribution in [-0.4, -0.2) is 87.5 Å². The average Bonchev–Trinajstić information content (AvgIpc) is 3.87. The Labute approximate surface area is 344 Å². The van der Waals surface area contributed by atoms with Crippen LogP contribution in [0.15, 0.2) is 89.4 Å². The lowest BCUT2D eigenvalue weighted by atomic mass is 9.87. The number of esters is 1. The number of Topliss-reactive ketones (excluding diaryl/α,β-unsaturated/α-hetero) is 2. The number of fused-ring (bicyclic) bond motifs is 1. The van der Waals surface area contributed by atoms with Gasteiger partial charge in [-0.15, -0.1) is 0 Å². The molecule has 2 aliphatic rings. The van der Waals surface area contributed by atoms with Crippen LogP contribution in [0.4, 0.5) is 9.59 Å². The topological polar surface area (TPSA) is 166 Å². The number of carboxylic acids is 1.